The Balaban J connectivity index is 2.18. The van der Waals surface area contributed by atoms with E-state index >= 15 is 0 Å². The predicted octanol–water partition coefficient (Wildman–Crippen LogP) is 3.45. The summed E-state index contributed by atoms with van der Waals surface area (Å²) in [5, 5.41) is 9.89. The molecule has 0 saturated heterocycles. The Morgan fingerprint density at radius 3 is 3.04 bits per heavy atom. The number of nitriles is 1. The number of nitrogens with zero attached hydrogens (tertiary/aromatic N) is 3. The standard InChI is InChI=1S/C20H24BN4O2S/c1-3-10-25(27-4-2)20(26)15-11-18-17(24-19(23)12-15)13-16(28-18)8-6-5-7-9-21-14-22/h11,13H,3-5,7,9-10,12H2,1-2H3,(H2,23,24). The molecular formula is C20H24BN4O2S. The summed E-state index contributed by atoms with van der Waals surface area (Å²) in [7, 11) is 1.58. The lowest BCUT2D eigenvalue weighted by atomic mass is 9.75. The number of rotatable bonds is 8. The average Bonchev–Trinajstić information content (AvgIpc) is 2.96. The minimum Gasteiger partial charge on any atom is -0.387 e. The smallest absolute Gasteiger partial charge is 0.273 e. The van der Waals surface area contributed by atoms with Gasteiger partial charge in [-0.1, -0.05) is 25.1 Å². The van der Waals surface area contributed by atoms with E-state index in [1.807, 2.05) is 32.0 Å². The summed E-state index contributed by atoms with van der Waals surface area (Å²) in [4.78, 5) is 24.5. The van der Waals surface area contributed by atoms with Crippen LogP contribution >= 0.6 is 11.3 Å². The summed E-state index contributed by atoms with van der Waals surface area (Å²) >= 11 is 1.49. The highest BCUT2D eigenvalue weighted by Crippen LogP contribution is 2.34. The van der Waals surface area contributed by atoms with Crippen LogP contribution in [-0.4, -0.2) is 37.2 Å². The van der Waals surface area contributed by atoms with Crippen LogP contribution in [0.4, 0.5) is 5.69 Å². The van der Waals surface area contributed by atoms with Crippen LogP contribution in [0.3, 0.4) is 0 Å². The predicted molar refractivity (Wildman–Crippen MR) is 114 cm³/mol. The summed E-state index contributed by atoms with van der Waals surface area (Å²) in [5.41, 5.74) is 7.35. The van der Waals surface area contributed by atoms with Crippen LogP contribution in [0.15, 0.2) is 16.6 Å². The summed E-state index contributed by atoms with van der Waals surface area (Å²) in [6.07, 6.45) is 5.28. The Labute approximate surface area is 171 Å². The monoisotopic (exact) mass is 395 g/mol. The van der Waals surface area contributed by atoms with Crippen LogP contribution in [0.25, 0.3) is 6.08 Å². The van der Waals surface area contributed by atoms with Crippen LogP contribution in [0.1, 0.15) is 49.3 Å². The van der Waals surface area contributed by atoms with Gasteiger partial charge in [0, 0.05) is 25.0 Å². The van der Waals surface area contributed by atoms with Gasteiger partial charge >= 0.3 is 0 Å². The number of amidine groups is 1. The number of hydrogen-bond acceptors (Lipinski definition) is 6. The van der Waals surface area contributed by atoms with Gasteiger partial charge in [-0.2, -0.15) is 0 Å². The molecule has 2 rings (SSSR count). The first kappa shape index (κ1) is 21.8. The quantitative estimate of drug-likeness (QED) is 0.316. The fourth-order valence-electron chi connectivity index (χ4n) is 2.63. The van der Waals surface area contributed by atoms with Crippen molar-refractivity contribution in [3.05, 3.63) is 21.4 Å². The zero-order chi connectivity index (χ0) is 20.4. The summed E-state index contributed by atoms with van der Waals surface area (Å²) in [6, 6.07) is 1.90. The number of carbonyl (C=O) groups excluding carboxylic acids is 1. The van der Waals surface area contributed by atoms with Crippen molar-refractivity contribution >= 4 is 42.1 Å². The molecular weight excluding hydrogens is 371 g/mol. The number of thiophene rings is 1. The minimum absolute atomic E-state index is 0.176. The molecule has 0 spiro atoms. The molecule has 2 N–H and O–H groups in total. The van der Waals surface area contributed by atoms with E-state index in [0.717, 1.165) is 41.0 Å². The Kier molecular flexibility index (Phi) is 8.80. The maximum absolute atomic E-state index is 12.9. The molecule has 8 heteroatoms. The van der Waals surface area contributed by atoms with Crippen molar-refractivity contribution < 1.29 is 9.63 Å². The molecule has 1 radical (unpaired) electrons. The van der Waals surface area contributed by atoms with E-state index in [0.29, 0.717) is 31.0 Å². The normalized spacial score (nSPS) is 12.5. The second kappa shape index (κ2) is 11.3. The first-order valence-corrected chi connectivity index (χ1v) is 10.2. The Morgan fingerprint density at radius 1 is 1.50 bits per heavy atom. The molecule has 0 fully saturated rings. The number of amides is 1. The van der Waals surface area contributed by atoms with Crippen LogP contribution in [0.5, 0.6) is 0 Å². The molecule has 0 bridgehead atoms. The van der Waals surface area contributed by atoms with Gasteiger partial charge in [0.05, 0.1) is 22.0 Å². The van der Waals surface area contributed by atoms with Gasteiger partial charge < -0.3 is 5.73 Å². The molecule has 28 heavy (non-hydrogen) atoms. The third kappa shape index (κ3) is 6.26. The summed E-state index contributed by atoms with van der Waals surface area (Å²) in [5.74, 6) is 8.49. The third-order valence-corrected chi connectivity index (χ3v) is 4.83. The summed E-state index contributed by atoms with van der Waals surface area (Å²) in [6.45, 7) is 4.81. The van der Waals surface area contributed by atoms with E-state index in [1.165, 1.54) is 16.4 Å². The molecule has 0 unspecified atom stereocenters. The fourth-order valence-corrected chi connectivity index (χ4v) is 3.58. The van der Waals surface area contributed by atoms with Crippen molar-refractivity contribution in [3.8, 4) is 17.8 Å². The number of hydroxylamine groups is 2. The summed E-state index contributed by atoms with van der Waals surface area (Å²) < 4.78 is 0. The van der Waals surface area contributed by atoms with E-state index in [2.05, 4.69) is 16.8 Å². The average molecular weight is 395 g/mol. The molecule has 1 aliphatic rings. The van der Waals surface area contributed by atoms with Gasteiger partial charge in [0.1, 0.15) is 5.84 Å². The van der Waals surface area contributed by atoms with Gasteiger partial charge in [-0.05, 0) is 37.9 Å². The van der Waals surface area contributed by atoms with Crippen LogP contribution in [-0.2, 0) is 9.63 Å². The molecule has 145 valence electrons. The fraction of sp³-hybridized carbons (Fsp3) is 0.450. The Bertz CT molecular complexity index is 852. The van der Waals surface area contributed by atoms with E-state index in [9.17, 15) is 4.79 Å². The number of carbonyl (C=O) groups is 1. The number of fused-ring (bicyclic) bond motifs is 1. The maximum Gasteiger partial charge on any atom is 0.273 e. The number of aliphatic imine (C=N–C) groups is 1. The second-order valence-corrected chi connectivity index (χ2v) is 7.25. The number of unbranched alkanes of at least 4 members (excludes halogenated alkanes) is 1. The van der Waals surface area contributed by atoms with Crippen molar-refractivity contribution in [2.75, 3.05) is 13.2 Å². The topological polar surface area (TPSA) is 91.7 Å². The van der Waals surface area contributed by atoms with Crippen LogP contribution < -0.4 is 5.73 Å². The number of nitrogens with two attached hydrogens (primary N) is 1. The molecule has 6 nitrogen and oxygen atoms in total. The first-order valence-electron chi connectivity index (χ1n) is 9.41. The molecule has 0 saturated carbocycles. The lowest BCUT2D eigenvalue weighted by molar-refractivity contribution is -0.180. The van der Waals surface area contributed by atoms with E-state index in [-0.39, 0.29) is 5.91 Å². The number of hydrogen-bond donors (Lipinski definition) is 1. The van der Waals surface area contributed by atoms with Gasteiger partial charge in [0.2, 0.25) is 0 Å². The largest absolute Gasteiger partial charge is 0.387 e. The first-order chi connectivity index (χ1) is 13.6. The molecule has 0 aromatic carbocycles. The highest BCUT2D eigenvalue weighted by molar-refractivity contribution is 7.14. The molecule has 0 atom stereocenters. The molecule has 1 aliphatic heterocycles. The highest BCUT2D eigenvalue weighted by Gasteiger charge is 2.22. The molecule has 1 aromatic heterocycles. The van der Waals surface area contributed by atoms with Gasteiger partial charge in [-0.25, -0.2) is 15.3 Å². The van der Waals surface area contributed by atoms with Gasteiger partial charge in [0.25, 0.3) is 13.2 Å². The van der Waals surface area contributed by atoms with Crippen molar-refractivity contribution in [2.24, 2.45) is 10.7 Å². The van der Waals surface area contributed by atoms with Crippen molar-refractivity contribution in [1.29, 1.82) is 5.26 Å². The lowest BCUT2D eigenvalue weighted by Gasteiger charge is -2.21. The SMILES string of the molecule is CCCN(OCC)C(=O)C1=Cc2sc(C#CCCC[B]C#N)cc2N=C(N)C1. The Hall–Kier alpha value is -2.55. The van der Waals surface area contributed by atoms with Gasteiger partial charge in [-0.15, -0.1) is 11.3 Å². The van der Waals surface area contributed by atoms with Crippen molar-refractivity contribution in [2.45, 2.75) is 45.9 Å². The molecule has 1 aromatic rings. The van der Waals surface area contributed by atoms with Crippen LogP contribution in [0, 0.1) is 23.1 Å². The van der Waals surface area contributed by atoms with E-state index in [4.69, 9.17) is 15.8 Å². The van der Waals surface area contributed by atoms with Crippen molar-refractivity contribution in [1.82, 2.24) is 5.06 Å². The van der Waals surface area contributed by atoms with Gasteiger partial charge in [-0.3, -0.25) is 9.63 Å². The molecule has 1 amide bonds. The molecule has 0 aliphatic carbocycles. The zero-order valence-electron chi connectivity index (χ0n) is 16.3. The van der Waals surface area contributed by atoms with Crippen molar-refractivity contribution in [3.63, 3.8) is 0 Å². The van der Waals surface area contributed by atoms with E-state index in [1.54, 1.807) is 7.28 Å². The zero-order valence-corrected chi connectivity index (χ0v) is 17.1. The highest BCUT2D eigenvalue weighted by atomic mass is 32.1. The lowest BCUT2D eigenvalue weighted by Crippen LogP contribution is -2.34. The Morgan fingerprint density at radius 2 is 2.32 bits per heavy atom. The van der Waals surface area contributed by atoms with E-state index < -0.39 is 0 Å². The maximum atomic E-state index is 12.9. The third-order valence-electron chi connectivity index (χ3n) is 3.85. The minimum atomic E-state index is -0.176. The molecule has 2 heterocycles. The second-order valence-electron chi connectivity index (χ2n) is 6.16. The van der Waals surface area contributed by atoms with Gasteiger partial charge in [0.15, 0.2) is 0 Å². The van der Waals surface area contributed by atoms with Crippen LogP contribution in [0.2, 0.25) is 6.32 Å².